The van der Waals surface area contributed by atoms with Crippen molar-refractivity contribution in [2.24, 2.45) is 0 Å². The van der Waals surface area contributed by atoms with Gasteiger partial charge in [-0.15, -0.1) is 11.3 Å². The smallest absolute Gasteiger partial charge is 0.265 e. The van der Waals surface area contributed by atoms with Gasteiger partial charge in [0, 0.05) is 15.4 Å². The number of rotatable bonds is 3. The SMILES string of the molecule is COc1ccc(Br)c(NC(=O)c2cc(C)c(C)s2)c1. The van der Waals surface area contributed by atoms with E-state index in [-0.39, 0.29) is 5.91 Å². The third-order valence-corrected chi connectivity index (χ3v) is 4.65. The second-order valence-corrected chi connectivity index (χ2v) is 6.26. The van der Waals surface area contributed by atoms with Crippen LogP contribution in [0.2, 0.25) is 0 Å². The number of hydrogen-bond acceptors (Lipinski definition) is 3. The predicted octanol–water partition coefficient (Wildman–Crippen LogP) is 4.39. The molecule has 3 nitrogen and oxygen atoms in total. The standard InChI is InChI=1S/C14H14BrNO2S/c1-8-6-13(19-9(8)2)14(17)16-12-7-10(18-3)4-5-11(12)15/h4-7H,1-3H3,(H,16,17). The molecule has 1 aromatic heterocycles. The minimum absolute atomic E-state index is 0.102. The molecule has 0 unspecified atom stereocenters. The third-order valence-electron chi connectivity index (χ3n) is 2.81. The minimum atomic E-state index is -0.102. The number of halogens is 1. The Bertz CT molecular complexity index is 602. The van der Waals surface area contributed by atoms with Crippen molar-refractivity contribution in [2.75, 3.05) is 12.4 Å². The number of hydrogen-bond donors (Lipinski definition) is 1. The third kappa shape index (κ3) is 3.16. The molecule has 5 heteroatoms. The van der Waals surface area contributed by atoms with Crippen molar-refractivity contribution in [3.8, 4) is 5.75 Å². The van der Waals surface area contributed by atoms with Crippen LogP contribution < -0.4 is 10.1 Å². The molecule has 0 fully saturated rings. The van der Waals surface area contributed by atoms with Gasteiger partial charge in [-0.2, -0.15) is 0 Å². The molecule has 0 aliphatic rings. The molecular formula is C14H14BrNO2S. The molecule has 0 aliphatic carbocycles. The van der Waals surface area contributed by atoms with E-state index < -0.39 is 0 Å². The molecule has 1 heterocycles. The van der Waals surface area contributed by atoms with Crippen LogP contribution in [0.5, 0.6) is 5.75 Å². The Balaban J connectivity index is 2.23. The van der Waals surface area contributed by atoms with Gasteiger partial charge in [-0.05, 0) is 53.5 Å². The van der Waals surface area contributed by atoms with Crippen molar-refractivity contribution in [1.29, 1.82) is 0 Å². The van der Waals surface area contributed by atoms with E-state index in [2.05, 4.69) is 21.2 Å². The van der Waals surface area contributed by atoms with Crippen LogP contribution in [-0.2, 0) is 0 Å². The highest BCUT2D eigenvalue weighted by Gasteiger charge is 2.12. The molecule has 1 aromatic carbocycles. The Labute approximate surface area is 124 Å². The molecule has 1 amide bonds. The molecule has 19 heavy (non-hydrogen) atoms. The topological polar surface area (TPSA) is 38.3 Å². The minimum Gasteiger partial charge on any atom is -0.497 e. The van der Waals surface area contributed by atoms with Crippen LogP contribution in [0.4, 0.5) is 5.69 Å². The Morgan fingerprint density at radius 1 is 1.32 bits per heavy atom. The van der Waals surface area contributed by atoms with Crippen molar-refractivity contribution < 1.29 is 9.53 Å². The zero-order valence-electron chi connectivity index (χ0n) is 10.9. The molecule has 0 radical (unpaired) electrons. The summed E-state index contributed by atoms with van der Waals surface area (Å²) in [7, 11) is 1.60. The predicted molar refractivity (Wildman–Crippen MR) is 82.4 cm³/mol. The molecule has 1 N–H and O–H groups in total. The molecule has 0 saturated carbocycles. The first-order chi connectivity index (χ1) is 9.01. The molecule has 0 atom stereocenters. The van der Waals surface area contributed by atoms with Crippen LogP contribution in [0.3, 0.4) is 0 Å². The van der Waals surface area contributed by atoms with Crippen molar-refractivity contribution in [3.63, 3.8) is 0 Å². The Morgan fingerprint density at radius 3 is 2.63 bits per heavy atom. The molecule has 0 saturated heterocycles. The number of carbonyl (C=O) groups is 1. The fourth-order valence-electron chi connectivity index (χ4n) is 1.60. The maximum atomic E-state index is 12.2. The van der Waals surface area contributed by atoms with E-state index >= 15 is 0 Å². The van der Waals surface area contributed by atoms with Gasteiger partial charge in [-0.25, -0.2) is 0 Å². The maximum absolute atomic E-state index is 12.2. The van der Waals surface area contributed by atoms with Crippen LogP contribution in [0.1, 0.15) is 20.1 Å². The van der Waals surface area contributed by atoms with Gasteiger partial charge >= 0.3 is 0 Å². The summed E-state index contributed by atoms with van der Waals surface area (Å²) in [5, 5.41) is 2.89. The summed E-state index contributed by atoms with van der Waals surface area (Å²) in [6.07, 6.45) is 0. The summed E-state index contributed by atoms with van der Waals surface area (Å²) in [6, 6.07) is 7.37. The normalized spacial score (nSPS) is 10.3. The van der Waals surface area contributed by atoms with E-state index in [1.165, 1.54) is 11.3 Å². The number of amides is 1. The summed E-state index contributed by atoms with van der Waals surface area (Å²) in [5.74, 6) is 0.604. The fraction of sp³-hybridized carbons (Fsp3) is 0.214. The van der Waals surface area contributed by atoms with Crippen molar-refractivity contribution >= 4 is 38.9 Å². The summed E-state index contributed by atoms with van der Waals surface area (Å²) in [6.45, 7) is 4.02. The van der Waals surface area contributed by atoms with Crippen molar-refractivity contribution in [2.45, 2.75) is 13.8 Å². The average Bonchev–Trinajstić information content (AvgIpc) is 2.72. The van der Waals surface area contributed by atoms with Crippen LogP contribution in [0, 0.1) is 13.8 Å². The molecule has 0 bridgehead atoms. The van der Waals surface area contributed by atoms with Crippen LogP contribution in [0.15, 0.2) is 28.7 Å². The zero-order chi connectivity index (χ0) is 14.0. The summed E-state index contributed by atoms with van der Waals surface area (Å²) in [4.78, 5) is 14.0. The van der Waals surface area contributed by atoms with E-state index in [1.807, 2.05) is 32.0 Å². The molecule has 100 valence electrons. The number of thiophene rings is 1. The van der Waals surface area contributed by atoms with E-state index in [4.69, 9.17) is 4.74 Å². The fourth-order valence-corrected chi connectivity index (χ4v) is 2.87. The number of anilines is 1. The number of benzene rings is 1. The molecule has 2 aromatic rings. The average molecular weight is 340 g/mol. The summed E-state index contributed by atoms with van der Waals surface area (Å²) >= 11 is 4.91. The Morgan fingerprint density at radius 2 is 2.05 bits per heavy atom. The lowest BCUT2D eigenvalue weighted by atomic mass is 10.2. The van der Waals surface area contributed by atoms with Gasteiger partial charge in [0.05, 0.1) is 17.7 Å². The van der Waals surface area contributed by atoms with Gasteiger partial charge < -0.3 is 10.1 Å². The molecule has 0 spiro atoms. The lowest BCUT2D eigenvalue weighted by Gasteiger charge is -2.08. The van der Waals surface area contributed by atoms with Gasteiger partial charge in [-0.3, -0.25) is 4.79 Å². The molecular weight excluding hydrogens is 326 g/mol. The van der Waals surface area contributed by atoms with Gasteiger partial charge in [0.1, 0.15) is 5.75 Å². The maximum Gasteiger partial charge on any atom is 0.265 e. The number of carbonyl (C=O) groups excluding carboxylic acids is 1. The number of methoxy groups -OCH3 is 1. The first kappa shape index (κ1) is 14.1. The van der Waals surface area contributed by atoms with Crippen molar-refractivity contribution in [1.82, 2.24) is 0 Å². The molecule has 0 aliphatic heterocycles. The lowest BCUT2D eigenvalue weighted by Crippen LogP contribution is -2.10. The quantitative estimate of drug-likeness (QED) is 0.900. The van der Waals surface area contributed by atoms with E-state index in [9.17, 15) is 4.79 Å². The lowest BCUT2D eigenvalue weighted by molar-refractivity contribution is 0.103. The number of aryl methyl sites for hydroxylation is 2. The number of ether oxygens (including phenoxy) is 1. The summed E-state index contributed by atoms with van der Waals surface area (Å²) < 4.78 is 5.98. The van der Waals surface area contributed by atoms with Gasteiger partial charge in [0.25, 0.3) is 5.91 Å². The number of nitrogens with one attached hydrogen (secondary N) is 1. The highest BCUT2D eigenvalue weighted by Crippen LogP contribution is 2.28. The largest absolute Gasteiger partial charge is 0.497 e. The second-order valence-electron chi connectivity index (χ2n) is 4.15. The van der Waals surface area contributed by atoms with Gasteiger partial charge in [-0.1, -0.05) is 0 Å². The van der Waals surface area contributed by atoms with Crippen LogP contribution in [-0.4, -0.2) is 13.0 Å². The van der Waals surface area contributed by atoms with Crippen LogP contribution >= 0.6 is 27.3 Å². The Kier molecular flexibility index (Phi) is 4.27. The molecule has 2 rings (SSSR count). The highest BCUT2D eigenvalue weighted by atomic mass is 79.9. The van der Waals surface area contributed by atoms with E-state index in [1.54, 1.807) is 13.2 Å². The monoisotopic (exact) mass is 339 g/mol. The highest BCUT2D eigenvalue weighted by molar-refractivity contribution is 9.10. The summed E-state index contributed by atoms with van der Waals surface area (Å²) in [5.41, 5.74) is 1.84. The van der Waals surface area contributed by atoms with E-state index in [0.29, 0.717) is 16.3 Å². The van der Waals surface area contributed by atoms with E-state index in [0.717, 1.165) is 14.9 Å². The first-order valence-corrected chi connectivity index (χ1v) is 7.34. The first-order valence-electron chi connectivity index (χ1n) is 5.73. The van der Waals surface area contributed by atoms with Gasteiger partial charge in [0.2, 0.25) is 0 Å². The van der Waals surface area contributed by atoms with Crippen molar-refractivity contribution in [3.05, 3.63) is 44.1 Å². The Hall–Kier alpha value is -1.33. The second kappa shape index (κ2) is 5.75. The van der Waals surface area contributed by atoms with Crippen LogP contribution in [0.25, 0.3) is 0 Å². The zero-order valence-corrected chi connectivity index (χ0v) is 13.3. The van der Waals surface area contributed by atoms with Gasteiger partial charge in [0.15, 0.2) is 0 Å².